The molecular weight excluding hydrogens is 140 g/mol. The molecule has 1 saturated heterocycles. The summed E-state index contributed by atoms with van der Waals surface area (Å²) >= 11 is 0. The fourth-order valence-electron chi connectivity index (χ4n) is 3.25. The zero-order chi connectivity index (χ0) is 7.42. The minimum Gasteiger partial charge on any atom is -0.465 e. The Labute approximate surface area is 65.9 Å². The molecule has 2 aliphatic carbocycles. The van der Waals surface area contributed by atoms with Crippen molar-refractivity contribution in [2.24, 2.45) is 23.7 Å². The van der Waals surface area contributed by atoms with Gasteiger partial charge in [0.1, 0.15) is 0 Å². The van der Waals surface area contributed by atoms with Gasteiger partial charge in [0.15, 0.2) is 0 Å². The van der Waals surface area contributed by atoms with Crippen molar-refractivity contribution in [1.29, 1.82) is 0 Å². The molecule has 4 unspecified atom stereocenters. The van der Waals surface area contributed by atoms with E-state index in [2.05, 4.69) is 0 Å². The van der Waals surface area contributed by atoms with Crippen LogP contribution in [-0.4, -0.2) is 12.6 Å². The van der Waals surface area contributed by atoms with E-state index in [1.165, 1.54) is 12.8 Å². The summed E-state index contributed by atoms with van der Waals surface area (Å²) in [6.07, 6.45) is 3.76. The normalized spacial score (nSPS) is 52.9. The zero-order valence-corrected chi connectivity index (χ0v) is 6.45. The third-order valence-corrected chi connectivity index (χ3v) is 3.69. The van der Waals surface area contributed by atoms with Crippen molar-refractivity contribution in [2.45, 2.75) is 19.3 Å². The molecule has 0 radical (unpaired) electrons. The van der Waals surface area contributed by atoms with Gasteiger partial charge in [0.05, 0.1) is 12.5 Å². The molecule has 0 amide bonds. The average Bonchev–Trinajstić information content (AvgIpc) is 2.54. The molecule has 0 N–H and O–H groups in total. The molecule has 2 heteroatoms. The summed E-state index contributed by atoms with van der Waals surface area (Å²) in [5, 5.41) is 0. The van der Waals surface area contributed by atoms with Gasteiger partial charge in [-0.2, -0.15) is 0 Å². The Morgan fingerprint density at radius 1 is 1.27 bits per heavy atom. The Kier molecular flexibility index (Phi) is 0.984. The number of esters is 1. The van der Waals surface area contributed by atoms with Gasteiger partial charge in [-0.05, 0) is 37.0 Å². The molecule has 3 fully saturated rings. The minimum atomic E-state index is 0.0912. The Morgan fingerprint density at radius 2 is 2.18 bits per heavy atom. The molecule has 0 spiro atoms. The summed E-state index contributed by atoms with van der Waals surface area (Å²) in [5.41, 5.74) is 0. The van der Waals surface area contributed by atoms with Crippen LogP contribution in [0.2, 0.25) is 0 Å². The van der Waals surface area contributed by atoms with E-state index in [4.69, 9.17) is 4.74 Å². The second-order valence-electron chi connectivity index (χ2n) is 4.23. The third-order valence-electron chi connectivity index (χ3n) is 3.69. The first-order chi connectivity index (χ1) is 5.34. The van der Waals surface area contributed by atoms with Gasteiger partial charge in [-0.15, -0.1) is 0 Å². The van der Waals surface area contributed by atoms with Gasteiger partial charge in [-0.3, -0.25) is 4.79 Å². The number of cyclic esters (lactones) is 1. The lowest BCUT2D eigenvalue weighted by molar-refractivity contribution is -0.160. The van der Waals surface area contributed by atoms with Crippen molar-refractivity contribution < 1.29 is 9.53 Å². The van der Waals surface area contributed by atoms with Gasteiger partial charge in [0, 0.05) is 0 Å². The quantitative estimate of drug-likeness (QED) is 0.487. The topological polar surface area (TPSA) is 26.3 Å². The van der Waals surface area contributed by atoms with Crippen LogP contribution >= 0.6 is 0 Å². The molecule has 0 aromatic heterocycles. The SMILES string of the molecule is O=C1OCC2CC3CC1C2C3. The summed E-state index contributed by atoms with van der Waals surface area (Å²) in [6.45, 7) is 0.719. The first-order valence-electron chi connectivity index (χ1n) is 4.51. The van der Waals surface area contributed by atoms with Gasteiger partial charge >= 0.3 is 5.97 Å². The number of fused-ring (bicyclic) bond motifs is 1. The summed E-state index contributed by atoms with van der Waals surface area (Å²) in [4.78, 5) is 11.2. The fraction of sp³-hybridized carbons (Fsp3) is 0.889. The Balaban J connectivity index is 1.95. The standard InChI is InChI=1S/C9H12O2/c10-9-8-3-5-1-6(4-11-9)7(8)2-5/h5-8H,1-4H2. The maximum Gasteiger partial charge on any atom is 0.309 e. The second kappa shape index (κ2) is 1.79. The third kappa shape index (κ3) is 0.652. The molecule has 0 aromatic carbocycles. The maximum absolute atomic E-state index is 11.2. The van der Waals surface area contributed by atoms with E-state index in [1.807, 2.05) is 0 Å². The number of carbonyl (C=O) groups is 1. The average molecular weight is 152 g/mol. The van der Waals surface area contributed by atoms with Crippen molar-refractivity contribution in [2.75, 3.05) is 6.61 Å². The van der Waals surface area contributed by atoms with Gasteiger partial charge in [-0.25, -0.2) is 0 Å². The van der Waals surface area contributed by atoms with Crippen LogP contribution in [0.4, 0.5) is 0 Å². The monoisotopic (exact) mass is 152 g/mol. The molecule has 1 aliphatic heterocycles. The van der Waals surface area contributed by atoms with Gasteiger partial charge < -0.3 is 4.74 Å². The molecule has 1 heterocycles. The van der Waals surface area contributed by atoms with Crippen LogP contribution < -0.4 is 0 Å². The molecular formula is C9H12O2. The van der Waals surface area contributed by atoms with Crippen molar-refractivity contribution in [1.82, 2.24) is 0 Å². The van der Waals surface area contributed by atoms with Crippen molar-refractivity contribution in [3.63, 3.8) is 0 Å². The molecule has 2 bridgehead atoms. The van der Waals surface area contributed by atoms with Gasteiger partial charge in [0.25, 0.3) is 0 Å². The predicted molar refractivity (Wildman–Crippen MR) is 38.8 cm³/mol. The van der Waals surface area contributed by atoms with Crippen molar-refractivity contribution in [3.05, 3.63) is 0 Å². The van der Waals surface area contributed by atoms with E-state index in [-0.39, 0.29) is 5.97 Å². The van der Waals surface area contributed by atoms with E-state index in [9.17, 15) is 4.79 Å². The summed E-state index contributed by atoms with van der Waals surface area (Å²) in [7, 11) is 0. The lowest BCUT2D eigenvalue weighted by Gasteiger charge is -2.32. The second-order valence-corrected chi connectivity index (χ2v) is 4.23. The molecule has 3 rings (SSSR count). The molecule has 11 heavy (non-hydrogen) atoms. The van der Waals surface area contributed by atoms with E-state index in [1.54, 1.807) is 0 Å². The Hall–Kier alpha value is -0.530. The van der Waals surface area contributed by atoms with Crippen LogP contribution in [-0.2, 0) is 9.53 Å². The summed E-state index contributed by atoms with van der Waals surface area (Å²) in [5.74, 6) is 2.70. The maximum atomic E-state index is 11.2. The first-order valence-corrected chi connectivity index (χ1v) is 4.51. The highest BCUT2D eigenvalue weighted by Crippen LogP contribution is 2.54. The van der Waals surface area contributed by atoms with Crippen LogP contribution in [0.1, 0.15) is 19.3 Å². The minimum absolute atomic E-state index is 0.0912. The summed E-state index contributed by atoms with van der Waals surface area (Å²) < 4.78 is 5.10. The van der Waals surface area contributed by atoms with Crippen LogP contribution in [0.25, 0.3) is 0 Å². The van der Waals surface area contributed by atoms with Crippen LogP contribution in [0.5, 0.6) is 0 Å². The first kappa shape index (κ1) is 6.04. The molecule has 4 atom stereocenters. The Bertz CT molecular complexity index is 212. The lowest BCUT2D eigenvalue weighted by atomic mass is 9.79. The smallest absolute Gasteiger partial charge is 0.309 e. The van der Waals surface area contributed by atoms with E-state index >= 15 is 0 Å². The highest BCUT2D eigenvalue weighted by Gasteiger charge is 2.52. The number of hydrogen-bond acceptors (Lipinski definition) is 2. The number of hydrogen-bond donors (Lipinski definition) is 0. The molecule has 3 aliphatic rings. The highest BCUT2D eigenvalue weighted by atomic mass is 16.5. The van der Waals surface area contributed by atoms with Crippen molar-refractivity contribution in [3.8, 4) is 0 Å². The molecule has 0 aromatic rings. The lowest BCUT2D eigenvalue weighted by Crippen LogP contribution is -2.37. The summed E-state index contributed by atoms with van der Waals surface area (Å²) in [6, 6.07) is 0. The van der Waals surface area contributed by atoms with Crippen LogP contribution in [0.3, 0.4) is 0 Å². The fourth-order valence-corrected chi connectivity index (χ4v) is 3.25. The van der Waals surface area contributed by atoms with E-state index < -0.39 is 0 Å². The number of rotatable bonds is 0. The van der Waals surface area contributed by atoms with Crippen molar-refractivity contribution >= 4 is 5.97 Å². The number of ether oxygens (including phenoxy) is 1. The Morgan fingerprint density at radius 3 is 2.91 bits per heavy atom. The van der Waals surface area contributed by atoms with Crippen LogP contribution in [0, 0.1) is 23.7 Å². The zero-order valence-electron chi connectivity index (χ0n) is 6.45. The largest absolute Gasteiger partial charge is 0.465 e. The highest BCUT2D eigenvalue weighted by molar-refractivity contribution is 5.74. The molecule has 60 valence electrons. The predicted octanol–water partition coefficient (Wildman–Crippen LogP) is 1.21. The van der Waals surface area contributed by atoms with Gasteiger partial charge in [0.2, 0.25) is 0 Å². The van der Waals surface area contributed by atoms with Crippen LogP contribution in [0.15, 0.2) is 0 Å². The molecule has 2 saturated carbocycles. The van der Waals surface area contributed by atoms with Gasteiger partial charge in [-0.1, -0.05) is 0 Å². The van der Waals surface area contributed by atoms with E-state index in [0.29, 0.717) is 11.8 Å². The number of carbonyl (C=O) groups excluding carboxylic acids is 1. The molecule has 2 nitrogen and oxygen atoms in total. The van der Waals surface area contributed by atoms with E-state index in [0.717, 1.165) is 24.9 Å².